The van der Waals surface area contributed by atoms with Gasteiger partial charge in [-0.25, -0.2) is 4.98 Å². The number of carbonyl (C=O) groups excluding carboxylic acids is 2. The number of alkyl halides is 7. The van der Waals surface area contributed by atoms with Gasteiger partial charge in [0.2, 0.25) is 0 Å². The van der Waals surface area contributed by atoms with E-state index in [4.69, 9.17) is 0 Å². The number of aliphatic hydroxyl groups is 2. The number of ketones is 2. The minimum absolute atomic E-state index is 0. The molecule has 0 saturated heterocycles. The number of nitrogens with zero attached hydrogens (tertiary/aromatic N) is 3. The molecule has 0 unspecified atom stereocenters. The Kier molecular flexibility index (Phi) is 16.1. The molecule has 2 aromatic heterocycles. The maximum absolute atomic E-state index is 13.3. The van der Waals surface area contributed by atoms with Crippen molar-refractivity contribution in [3.63, 3.8) is 0 Å². The van der Waals surface area contributed by atoms with E-state index in [2.05, 4.69) is 53.7 Å². The first-order valence-corrected chi connectivity index (χ1v) is 26.5. The van der Waals surface area contributed by atoms with Crippen molar-refractivity contribution >= 4 is 27.5 Å². The zero-order valence-corrected chi connectivity index (χ0v) is 42.0. The summed E-state index contributed by atoms with van der Waals surface area (Å²) in [6.07, 6.45) is 14.7. The van der Waals surface area contributed by atoms with E-state index in [1.165, 1.54) is 44.9 Å². The minimum Gasteiger partial charge on any atom is -0.390 e. The molecule has 0 bridgehead atoms. The molecule has 2 aromatic rings. The standard InChI is InChI=1S/C26H37F3N2O2.C22H35BrO2.C4H3F3N2.2CH4/c1-23(33)10-11-24(2)16(12-23)4-5-18-19-6-7-21(25(19,3)9-8-20(18)24)22(32)15-31-14-17(13-30-31)26(27,28)29;1-20(25)10-11-21(2)14(12-20)4-5-15-16-6-7-18(19(24)13-23)22(16,3)9-8-17(15)21;5-4(6,7)3-1-8-2-9-3;;/h13-14,16,18-21,33H,4-12,15H2,1-3H3;14-18,25H,4-13H2,1-3H3;1-2H,(H,8,9);2*1H4/t16-,18-,19-,20-,21+,23+,24-,25-;14-,15-,16-,17-,18+,20+,21-,22-;;;/m00.../s1. The van der Waals surface area contributed by atoms with Gasteiger partial charge < -0.3 is 15.2 Å². The number of Topliss-reactive ketones (excluding diaryl/α,β-unsaturated/α-hetero) is 2. The zero-order chi connectivity index (χ0) is 48.8. The third-order valence-electron chi connectivity index (χ3n) is 20.9. The predicted octanol–water partition coefficient (Wildman–Crippen LogP) is 13.9. The summed E-state index contributed by atoms with van der Waals surface area (Å²) in [6, 6.07) is 0. The molecule has 2 heterocycles. The third kappa shape index (κ3) is 10.5. The van der Waals surface area contributed by atoms with Crippen LogP contribution in [0.1, 0.15) is 183 Å². The molecule has 8 saturated carbocycles. The summed E-state index contributed by atoms with van der Waals surface area (Å²) in [5.74, 6) is 6.10. The molecule has 16 atom stereocenters. The lowest BCUT2D eigenvalue weighted by molar-refractivity contribution is -0.151. The molecule has 0 radical (unpaired) electrons. The SMILES string of the molecule is C.C.C[C@@]1(O)CC[C@@]2(C)[C@@H](CC[C@@H]3[C@@H]2CC[C@]2(C)[C@@H](C(=O)CBr)CC[C@@H]32)C1.C[C@@]1(O)CC[C@@]2(C)[C@@H](CC[C@@H]3[C@@H]2CC[C@]2(C)[C@@H](C(=O)Cn4cc(C(F)(F)F)cn4)CC[C@@H]32)C1.FC(F)(F)c1cnc[nH]1. The van der Waals surface area contributed by atoms with E-state index in [-0.39, 0.29) is 55.3 Å². The van der Waals surface area contributed by atoms with Crippen molar-refractivity contribution in [3.8, 4) is 0 Å². The number of H-pyrrole nitrogens is 1. The number of hydrogen-bond donors (Lipinski definition) is 3. The van der Waals surface area contributed by atoms with Crippen molar-refractivity contribution in [1.82, 2.24) is 19.7 Å². The van der Waals surface area contributed by atoms with E-state index in [0.29, 0.717) is 46.1 Å². The Morgan fingerprint density at radius 3 is 1.49 bits per heavy atom. The number of hydrogen-bond acceptors (Lipinski definition) is 6. The molecule has 15 heteroatoms. The number of nitrogens with one attached hydrogen (secondary N) is 1. The summed E-state index contributed by atoms with van der Waals surface area (Å²) < 4.78 is 74.6. The number of halogens is 7. The minimum atomic E-state index is -4.44. The van der Waals surface area contributed by atoms with Crippen LogP contribution < -0.4 is 0 Å². The number of aromatic amines is 1. The highest BCUT2D eigenvalue weighted by atomic mass is 79.9. The van der Waals surface area contributed by atoms with Crippen LogP contribution in [0, 0.1) is 80.8 Å². The van der Waals surface area contributed by atoms with Gasteiger partial charge >= 0.3 is 12.4 Å². The maximum atomic E-state index is 13.3. The van der Waals surface area contributed by atoms with Gasteiger partial charge in [-0.05, 0) is 198 Å². The van der Waals surface area contributed by atoms with Crippen molar-refractivity contribution in [2.45, 2.75) is 202 Å². The van der Waals surface area contributed by atoms with Crippen LogP contribution in [-0.4, -0.2) is 58.1 Å². The molecular formula is C54H83BrF6N4O4. The Bertz CT molecular complexity index is 2090. The van der Waals surface area contributed by atoms with E-state index >= 15 is 0 Å². The fourth-order valence-electron chi connectivity index (χ4n) is 17.3. The van der Waals surface area contributed by atoms with Crippen LogP contribution in [0.15, 0.2) is 24.9 Å². The lowest BCUT2D eigenvalue weighted by Gasteiger charge is -2.61. The first-order chi connectivity index (χ1) is 31.2. The molecule has 392 valence electrons. The van der Waals surface area contributed by atoms with Gasteiger partial charge in [0.1, 0.15) is 11.5 Å². The Balaban J connectivity index is 0.000000192. The fraction of sp³-hybridized carbons (Fsp3) is 0.852. The molecule has 0 aromatic carbocycles. The molecule has 10 rings (SSSR count). The smallest absolute Gasteiger partial charge is 0.390 e. The summed E-state index contributed by atoms with van der Waals surface area (Å²) in [6.45, 7) is 13.7. The Morgan fingerprint density at radius 1 is 0.638 bits per heavy atom. The van der Waals surface area contributed by atoms with Gasteiger partial charge in [-0.15, -0.1) is 0 Å². The van der Waals surface area contributed by atoms with Crippen LogP contribution in [0.2, 0.25) is 0 Å². The molecule has 8 fully saturated rings. The van der Waals surface area contributed by atoms with Crippen LogP contribution >= 0.6 is 15.9 Å². The lowest BCUT2D eigenvalue weighted by Crippen LogP contribution is -2.55. The van der Waals surface area contributed by atoms with Gasteiger partial charge in [0.25, 0.3) is 0 Å². The summed E-state index contributed by atoms with van der Waals surface area (Å²) in [5.41, 5.74) is -1.73. The maximum Gasteiger partial charge on any atom is 0.432 e. The first-order valence-electron chi connectivity index (χ1n) is 25.4. The van der Waals surface area contributed by atoms with Crippen LogP contribution in [0.4, 0.5) is 26.3 Å². The van der Waals surface area contributed by atoms with Gasteiger partial charge in [0.05, 0.1) is 47.4 Å². The fourth-order valence-corrected chi connectivity index (χ4v) is 17.7. The molecule has 3 N–H and O–H groups in total. The molecule has 0 aliphatic heterocycles. The normalized spacial score (nSPS) is 43.2. The number of carbonyl (C=O) groups is 2. The number of fused-ring (bicyclic) bond motifs is 10. The van der Waals surface area contributed by atoms with Crippen molar-refractivity contribution < 1.29 is 46.1 Å². The first kappa shape index (κ1) is 56.0. The van der Waals surface area contributed by atoms with Gasteiger partial charge in [0.15, 0.2) is 5.78 Å². The summed E-state index contributed by atoms with van der Waals surface area (Å²) >= 11 is 3.43. The Morgan fingerprint density at radius 2 is 1.10 bits per heavy atom. The lowest BCUT2D eigenvalue weighted by atomic mass is 9.44. The average molecular weight is 1050 g/mol. The van der Waals surface area contributed by atoms with Crippen LogP contribution in [0.25, 0.3) is 0 Å². The van der Waals surface area contributed by atoms with Gasteiger partial charge in [0, 0.05) is 18.0 Å². The quantitative estimate of drug-likeness (QED) is 0.203. The number of aromatic nitrogens is 4. The highest BCUT2D eigenvalue weighted by Gasteiger charge is 2.63. The third-order valence-corrected chi connectivity index (χ3v) is 21.5. The second kappa shape index (κ2) is 19.9. The van der Waals surface area contributed by atoms with E-state index in [1.807, 2.05) is 18.8 Å². The molecule has 0 amide bonds. The van der Waals surface area contributed by atoms with Crippen molar-refractivity contribution in [2.75, 3.05) is 5.33 Å². The molecular weight excluding hydrogens is 963 g/mol. The van der Waals surface area contributed by atoms with Crippen LogP contribution in [-0.2, 0) is 28.5 Å². The van der Waals surface area contributed by atoms with E-state index in [9.17, 15) is 46.1 Å². The van der Waals surface area contributed by atoms with E-state index in [1.54, 1.807) is 0 Å². The van der Waals surface area contributed by atoms with E-state index in [0.717, 1.165) is 118 Å². The summed E-state index contributed by atoms with van der Waals surface area (Å²) in [7, 11) is 0. The van der Waals surface area contributed by atoms with E-state index < -0.39 is 34.8 Å². The predicted molar refractivity (Wildman–Crippen MR) is 260 cm³/mol. The van der Waals surface area contributed by atoms with Crippen LogP contribution in [0.5, 0.6) is 0 Å². The number of imidazole rings is 1. The molecule has 8 aliphatic carbocycles. The summed E-state index contributed by atoms with van der Waals surface area (Å²) in [4.78, 5) is 31.0. The largest absolute Gasteiger partial charge is 0.432 e. The molecule has 8 nitrogen and oxygen atoms in total. The highest BCUT2D eigenvalue weighted by Crippen LogP contribution is 2.70. The number of rotatable bonds is 5. The van der Waals surface area contributed by atoms with Gasteiger partial charge in [-0.2, -0.15) is 31.4 Å². The second-order valence-corrected chi connectivity index (χ2v) is 25.1. The Labute approximate surface area is 416 Å². The Hall–Kier alpha value is -2.26. The van der Waals surface area contributed by atoms with Crippen molar-refractivity contribution in [1.29, 1.82) is 0 Å². The van der Waals surface area contributed by atoms with Crippen LogP contribution in [0.3, 0.4) is 0 Å². The topological polar surface area (TPSA) is 121 Å². The molecule has 69 heavy (non-hydrogen) atoms. The summed E-state index contributed by atoms with van der Waals surface area (Å²) in [5, 5.41) is 25.6. The molecule has 8 aliphatic rings. The van der Waals surface area contributed by atoms with Gasteiger partial charge in [-0.1, -0.05) is 58.5 Å². The molecule has 0 spiro atoms. The van der Waals surface area contributed by atoms with Crippen molar-refractivity contribution in [2.24, 2.45) is 80.8 Å². The monoisotopic (exact) mass is 1040 g/mol. The van der Waals surface area contributed by atoms with Gasteiger partial charge in [-0.3, -0.25) is 14.3 Å². The highest BCUT2D eigenvalue weighted by molar-refractivity contribution is 9.09. The van der Waals surface area contributed by atoms with Crippen molar-refractivity contribution in [3.05, 3.63) is 36.2 Å². The zero-order valence-electron chi connectivity index (χ0n) is 40.4. The second-order valence-electron chi connectivity index (χ2n) is 24.5. The average Bonchev–Trinajstić information content (AvgIpc) is 4.07.